The summed E-state index contributed by atoms with van der Waals surface area (Å²) in [6.45, 7) is 11.4. The number of rotatable bonds is 7. The number of aliphatic imine (C=N–C) groups is 1. The molecule has 1 aliphatic rings. The number of nitrogens with zero attached hydrogens (tertiary/aromatic N) is 3. The van der Waals surface area contributed by atoms with Gasteiger partial charge in [-0.05, 0) is 13.8 Å². The fourth-order valence-electron chi connectivity index (χ4n) is 2.27. The van der Waals surface area contributed by atoms with Gasteiger partial charge in [-0.3, -0.25) is 9.89 Å². The van der Waals surface area contributed by atoms with Crippen LogP contribution in [0.5, 0.6) is 0 Å². The predicted molar refractivity (Wildman–Crippen MR) is 107 cm³/mol. The number of halogens is 1. The summed E-state index contributed by atoms with van der Waals surface area (Å²) >= 11 is 1.76. The SMILES string of the molecule is CCNC(=NCCN1CCOCC1)NCCc1ncc(C)s1.I. The lowest BCUT2D eigenvalue weighted by Gasteiger charge is -2.25. The van der Waals surface area contributed by atoms with Crippen molar-refractivity contribution in [2.24, 2.45) is 4.99 Å². The Kier molecular flexibility index (Phi) is 10.7. The zero-order valence-corrected chi connectivity index (χ0v) is 17.2. The van der Waals surface area contributed by atoms with Crippen LogP contribution in [0.1, 0.15) is 16.8 Å². The van der Waals surface area contributed by atoms with E-state index in [1.54, 1.807) is 11.3 Å². The van der Waals surface area contributed by atoms with Gasteiger partial charge in [-0.25, -0.2) is 4.98 Å². The number of aryl methyl sites for hydroxylation is 1. The van der Waals surface area contributed by atoms with Crippen molar-refractivity contribution in [2.75, 3.05) is 52.5 Å². The van der Waals surface area contributed by atoms with Crippen LogP contribution in [0.25, 0.3) is 0 Å². The quantitative estimate of drug-likeness (QED) is 0.372. The molecule has 0 spiro atoms. The monoisotopic (exact) mass is 453 g/mol. The van der Waals surface area contributed by atoms with Crippen molar-refractivity contribution in [3.63, 3.8) is 0 Å². The molecule has 0 aromatic carbocycles. The molecule has 1 aliphatic heterocycles. The van der Waals surface area contributed by atoms with Crippen LogP contribution in [-0.2, 0) is 11.2 Å². The molecule has 0 aliphatic carbocycles. The van der Waals surface area contributed by atoms with Gasteiger partial charge in [0.25, 0.3) is 0 Å². The Balaban J connectivity index is 0.00000264. The first-order chi connectivity index (χ1) is 10.8. The summed E-state index contributed by atoms with van der Waals surface area (Å²) in [5.41, 5.74) is 0. The van der Waals surface area contributed by atoms with Crippen molar-refractivity contribution < 1.29 is 4.74 Å². The minimum absolute atomic E-state index is 0. The molecule has 2 rings (SSSR count). The third-order valence-electron chi connectivity index (χ3n) is 3.43. The Labute approximate surface area is 160 Å². The number of guanidine groups is 1. The molecular formula is C15H28IN5OS. The zero-order valence-electron chi connectivity index (χ0n) is 14.0. The minimum atomic E-state index is 0. The van der Waals surface area contributed by atoms with E-state index in [2.05, 4.69) is 39.4 Å². The molecule has 0 saturated carbocycles. The molecule has 0 bridgehead atoms. The van der Waals surface area contributed by atoms with E-state index in [9.17, 15) is 0 Å². The van der Waals surface area contributed by atoms with Gasteiger partial charge in [0.05, 0.1) is 24.8 Å². The van der Waals surface area contributed by atoms with Crippen molar-refractivity contribution in [1.82, 2.24) is 20.5 Å². The summed E-state index contributed by atoms with van der Waals surface area (Å²) in [6.07, 6.45) is 2.87. The second-order valence-electron chi connectivity index (χ2n) is 5.26. The summed E-state index contributed by atoms with van der Waals surface area (Å²) < 4.78 is 5.36. The molecule has 0 unspecified atom stereocenters. The van der Waals surface area contributed by atoms with E-state index in [-0.39, 0.29) is 24.0 Å². The van der Waals surface area contributed by atoms with Gasteiger partial charge in [0.2, 0.25) is 0 Å². The van der Waals surface area contributed by atoms with Gasteiger partial charge < -0.3 is 15.4 Å². The Morgan fingerprint density at radius 3 is 2.83 bits per heavy atom. The average Bonchev–Trinajstić information content (AvgIpc) is 2.94. The van der Waals surface area contributed by atoms with Crippen LogP contribution in [0, 0.1) is 6.92 Å². The fourth-order valence-corrected chi connectivity index (χ4v) is 3.06. The molecular weight excluding hydrogens is 425 g/mol. The maximum absolute atomic E-state index is 5.36. The molecule has 0 radical (unpaired) electrons. The van der Waals surface area contributed by atoms with Gasteiger partial charge in [-0.15, -0.1) is 35.3 Å². The number of thiazole rings is 1. The second-order valence-corrected chi connectivity index (χ2v) is 6.58. The van der Waals surface area contributed by atoms with Crippen molar-refractivity contribution >= 4 is 41.3 Å². The van der Waals surface area contributed by atoms with Crippen LogP contribution < -0.4 is 10.6 Å². The molecule has 0 amide bonds. The van der Waals surface area contributed by atoms with E-state index in [0.717, 1.165) is 64.9 Å². The van der Waals surface area contributed by atoms with Crippen LogP contribution in [0.15, 0.2) is 11.2 Å². The molecule has 23 heavy (non-hydrogen) atoms. The molecule has 8 heteroatoms. The Morgan fingerprint density at radius 1 is 1.39 bits per heavy atom. The first-order valence-electron chi connectivity index (χ1n) is 8.01. The normalized spacial score (nSPS) is 16.0. The van der Waals surface area contributed by atoms with Gasteiger partial charge in [0.1, 0.15) is 0 Å². The lowest BCUT2D eigenvalue weighted by atomic mass is 10.4. The molecule has 0 atom stereocenters. The number of nitrogens with one attached hydrogen (secondary N) is 2. The van der Waals surface area contributed by atoms with Crippen LogP contribution >= 0.6 is 35.3 Å². The Bertz CT molecular complexity index is 462. The first kappa shape index (κ1) is 20.6. The summed E-state index contributed by atoms with van der Waals surface area (Å²) in [5.74, 6) is 0.893. The van der Waals surface area contributed by atoms with Crippen LogP contribution in [0.2, 0.25) is 0 Å². The van der Waals surface area contributed by atoms with Crippen molar-refractivity contribution in [3.05, 3.63) is 16.1 Å². The fraction of sp³-hybridized carbons (Fsp3) is 0.733. The Hall–Kier alpha value is -0.450. The summed E-state index contributed by atoms with van der Waals surface area (Å²) in [6, 6.07) is 0. The Morgan fingerprint density at radius 2 is 2.17 bits per heavy atom. The zero-order chi connectivity index (χ0) is 15.6. The highest BCUT2D eigenvalue weighted by Crippen LogP contribution is 2.10. The molecule has 2 N–H and O–H groups in total. The van der Waals surface area contributed by atoms with E-state index in [1.165, 1.54) is 9.88 Å². The minimum Gasteiger partial charge on any atom is -0.379 e. The van der Waals surface area contributed by atoms with E-state index < -0.39 is 0 Å². The molecule has 2 heterocycles. The third-order valence-corrected chi connectivity index (χ3v) is 4.41. The molecule has 1 saturated heterocycles. The van der Waals surface area contributed by atoms with Crippen molar-refractivity contribution in [3.8, 4) is 0 Å². The topological polar surface area (TPSA) is 61.8 Å². The highest BCUT2D eigenvalue weighted by Gasteiger charge is 2.09. The molecule has 1 fully saturated rings. The predicted octanol–water partition coefficient (Wildman–Crippen LogP) is 1.50. The number of hydrogen-bond acceptors (Lipinski definition) is 5. The molecule has 132 valence electrons. The highest BCUT2D eigenvalue weighted by atomic mass is 127. The lowest BCUT2D eigenvalue weighted by Crippen LogP contribution is -2.40. The van der Waals surface area contributed by atoms with Gasteiger partial charge in [-0.1, -0.05) is 0 Å². The van der Waals surface area contributed by atoms with Crippen LogP contribution in [0.4, 0.5) is 0 Å². The summed E-state index contributed by atoms with van der Waals surface area (Å²) in [7, 11) is 0. The smallest absolute Gasteiger partial charge is 0.191 e. The maximum atomic E-state index is 5.36. The molecule has 6 nitrogen and oxygen atoms in total. The average molecular weight is 453 g/mol. The first-order valence-corrected chi connectivity index (χ1v) is 8.83. The molecule has 1 aromatic heterocycles. The second kappa shape index (κ2) is 12.0. The maximum Gasteiger partial charge on any atom is 0.191 e. The van der Waals surface area contributed by atoms with E-state index in [1.807, 2.05) is 6.20 Å². The third kappa shape index (κ3) is 8.27. The van der Waals surface area contributed by atoms with Crippen molar-refractivity contribution in [1.29, 1.82) is 0 Å². The van der Waals surface area contributed by atoms with E-state index >= 15 is 0 Å². The van der Waals surface area contributed by atoms with E-state index in [0.29, 0.717) is 0 Å². The van der Waals surface area contributed by atoms with Crippen molar-refractivity contribution in [2.45, 2.75) is 20.3 Å². The van der Waals surface area contributed by atoms with E-state index in [4.69, 9.17) is 4.74 Å². The van der Waals surface area contributed by atoms with Crippen LogP contribution in [-0.4, -0.2) is 68.3 Å². The number of ether oxygens (including phenoxy) is 1. The van der Waals surface area contributed by atoms with Gasteiger partial charge >= 0.3 is 0 Å². The number of morpholine rings is 1. The number of hydrogen-bond donors (Lipinski definition) is 2. The largest absolute Gasteiger partial charge is 0.379 e. The number of aromatic nitrogens is 1. The standard InChI is InChI=1S/C15H27N5OS.HI/c1-3-16-15(17-5-4-14-19-12-13(2)22-14)18-6-7-20-8-10-21-11-9-20;/h12H,3-11H2,1-2H3,(H2,16,17,18);1H. The van der Waals surface area contributed by atoms with Gasteiger partial charge in [-0.2, -0.15) is 0 Å². The highest BCUT2D eigenvalue weighted by molar-refractivity contribution is 14.0. The van der Waals surface area contributed by atoms with Crippen LogP contribution in [0.3, 0.4) is 0 Å². The molecule has 1 aromatic rings. The van der Waals surface area contributed by atoms with Gasteiger partial charge in [0.15, 0.2) is 5.96 Å². The van der Waals surface area contributed by atoms with Gasteiger partial charge in [0, 0.05) is 50.2 Å². The lowest BCUT2D eigenvalue weighted by molar-refractivity contribution is 0.0394. The summed E-state index contributed by atoms with van der Waals surface area (Å²) in [5, 5.41) is 7.84. The summed E-state index contributed by atoms with van der Waals surface area (Å²) in [4.78, 5) is 12.7.